The molecule has 27 heavy (non-hydrogen) atoms. The summed E-state index contributed by atoms with van der Waals surface area (Å²) in [5.74, 6) is 0.361. The van der Waals surface area contributed by atoms with Crippen molar-refractivity contribution in [3.63, 3.8) is 0 Å². The summed E-state index contributed by atoms with van der Waals surface area (Å²) in [6.07, 6.45) is 1.91. The van der Waals surface area contributed by atoms with Gasteiger partial charge in [-0.25, -0.2) is 0 Å². The molecule has 0 radical (unpaired) electrons. The zero-order valence-corrected chi connectivity index (χ0v) is 16.6. The molecule has 5 nitrogen and oxygen atoms in total. The number of carbonyl (C=O) groups excluding carboxylic acids is 2. The number of hydrogen-bond donors (Lipinski definition) is 0. The average Bonchev–Trinajstić information content (AvgIpc) is 3.16. The number of carbonyl (C=O) groups is 2. The predicted octanol–water partition coefficient (Wildman–Crippen LogP) is 3.41. The lowest BCUT2D eigenvalue weighted by Gasteiger charge is -2.34. The number of aryl methyl sites for hydroxylation is 1. The van der Waals surface area contributed by atoms with Crippen molar-refractivity contribution in [2.75, 3.05) is 26.2 Å². The fourth-order valence-electron chi connectivity index (χ4n) is 3.32. The summed E-state index contributed by atoms with van der Waals surface area (Å²) in [6, 6.07) is 9.78. The van der Waals surface area contributed by atoms with Gasteiger partial charge >= 0.3 is 0 Å². The van der Waals surface area contributed by atoms with Crippen LogP contribution in [0.1, 0.15) is 48.0 Å². The van der Waals surface area contributed by atoms with Gasteiger partial charge in [-0.15, -0.1) is 0 Å². The maximum atomic E-state index is 12.8. The van der Waals surface area contributed by atoms with E-state index in [9.17, 15) is 9.59 Å². The van der Waals surface area contributed by atoms with Crippen molar-refractivity contribution in [3.05, 3.63) is 59.0 Å². The lowest BCUT2D eigenvalue weighted by atomic mass is 9.85. The van der Waals surface area contributed by atoms with E-state index in [2.05, 4.69) is 45.9 Å². The molecule has 0 aliphatic carbocycles. The zero-order valence-electron chi connectivity index (χ0n) is 16.6. The van der Waals surface area contributed by atoms with Crippen molar-refractivity contribution >= 4 is 11.8 Å². The summed E-state index contributed by atoms with van der Waals surface area (Å²) < 4.78 is 5.18. The highest BCUT2D eigenvalue weighted by Crippen LogP contribution is 2.25. The first-order valence-corrected chi connectivity index (χ1v) is 9.46. The number of furan rings is 1. The molecule has 0 spiro atoms. The molecule has 2 aromatic rings. The molecule has 2 amide bonds. The van der Waals surface area contributed by atoms with E-state index in [0.717, 1.165) is 11.1 Å². The van der Waals surface area contributed by atoms with Gasteiger partial charge < -0.3 is 14.2 Å². The normalized spacial score (nSPS) is 15.1. The molecule has 1 aromatic heterocycles. The highest BCUT2D eigenvalue weighted by atomic mass is 16.3. The standard InChI is InChI=1S/C22H28N2O3/c1-16-7-8-18(22(2,3)4)14-17(16)15-20(25)23-9-11-24(12-10-23)21(26)19-6-5-13-27-19/h5-8,13-14H,9-12,15H2,1-4H3. The number of amides is 2. The van der Waals surface area contributed by atoms with Gasteiger partial charge in [-0.3, -0.25) is 9.59 Å². The molecule has 2 heterocycles. The van der Waals surface area contributed by atoms with Gasteiger partial charge in [0.1, 0.15) is 0 Å². The summed E-state index contributed by atoms with van der Waals surface area (Å²) in [7, 11) is 0. The first kappa shape index (κ1) is 19.2. The second kappa shape index (κ2) is 7.59. The van der Waals surface area contributed by atoms with Crippen molar-refractivity contribution in [2.24, 2.45) is 0 Å². The molecule has 5 heteroatoms. The lowest BCUT2D eigenvalue weighted by molar-refractivity contribution is -0.131. The number of hydrogen-bond acceptors (Lipinski definition) is 3. The Balaban J connectivity index is 1.61. The van der Waals surface area contributed by atoms with Crippen LogP contribution in [-0.4, -0.2) is 47.8 Å². The average molecular weight is 368 g/mol. The highest BCUT2D eigenvalue weighted by Gasteiger charge is 2.26. The molecule has 0 atom stereocenters. The van der Waals surface area contributed by atoms with E-state index in [-0.39, 0.29) is 17.2 Å². The zero-order chi connectivity index (χ0) is 19.6. The van der Waals surface area contributed by atoms with Crippen molar-refractivity contribution in [3.8, 4) is 0 Å². The topological polar surface area (TPSA) is 53.8 Å². The Kier molecular flexibility index (Phi) is 5.40. The fraction of sp³-hybridized carbons (Fsp3) is 0.455. The maximum Gasteiger partial charge on any atom is 0.289 e. The second-order valence-electron chi connectivity index (χ2n) is 8.22. The Hall–Kier alpha value is -2.56. The van der Waals surface area contributed by atoms with Gasteiger partial charge in [0.25, 0.3) is 5.91 Å². The highest BCUT2D eigenvalue weighted by molar-refractivity contribution is 5.91. The first-order chi connectivity index (χ1) is 12.8. The van der Waals surface area contributed by atoms with E-state index >= 15 is 0 Å². The van der Waals surface area contributed by atoms with Crippen molar-refractivity contribution in [1.82, 2.24) is 9.80 Å². The SMILES string of the molecule is Cc1ccc(C(C)(C)C)cc1CC(=O)N1CCN(C(=O)c2ccco2)CC1. The van der Waals surface area contributed by atoms with Crippen molar-refractivity contribution in [2.45, 2.75) is 39.5 Å². The minimum atomic E-state index is -0.110. The van der Waals surface area contributed by atoms with Crippen LogP contribution in [0.3, 0.4) is 0 Å². The third-order valence-electron chi connectivity index (χ3n) is 5.21. The molecule has 1 aliphatic rings. The molecule has 1 aromatic carbocycles. The monoisotopic (exact) mass is 368 g/mol. The minimum absolute atomic E-state index is 0.0589. The smallest absolute Gasteiger partial charge is 0.289 e. The van der Waals surface area contributed by atoms with E-state index in [4.69, 9.17) is 4.42 Å². The largest absolute Gasteiger partial charge is 0.459 e. The summed E-state index contributed by atoms with van der Waals surface area (Å²) in [6.45, 7) is 10.8. The number of nitrogens with zero attached hydrogens (tertiary/aromatic N) is 2. The Bertz CT molecular complexity index is 811. The number of rotatable bonds is 3. The summed E-state index contributed by atoms with van der Waals surface area (Å²) >= 11 is 0. The van der Waals surface area contributed by atoms with Crippen LogP contribution in [0, 0.1) is 6.92 Å². The van der Waals surface area contributed by atoms with Gasteiger partial charge in [0, 0.05) is 26.2 Å². The summed E-state index contributed by atoms with van der Waals surface area (Å²) in [4.78, 5) is 28.7. The molecule has 0 unspecified atom stereocenters. The maximum absolute atomic E-state index is 12.8. The Morgan fingerprint density at radius 3 is 2.30 bits per heavy atom. The Labute approximate surface area is 160 Å². The molecule has 1 aliphatic heterocycles. The van der Waals surface area contributed by atoms with Gasteiger partial charge in [-0.1, -0.05) is 39.0 Å². The van der Waals surface area contributed by atoms with Crippen LogP contribution in [-0.2, 0) is 16.6 Å². The van der Waals surface area contributed by atoms with Gasteiger partial charge in [0.2, 0.25) is 5.91 Å². The Morgan fingerprint density at radius 1 is 1.04 bits per heavy atom. The van der Waals surface area contributed by atoms with E-state index < -0.39 is 0 Å². The first-order valence-electron chi connectivity index (χ1n) is 9.46. The van der Waals surface area contributed by atoms with Crippen LogP contribution < -0.4 is 0 Å². The van der Waals surface area contributed by atoms with E-state index in [0.29, 0.717) is 38.4 Å². The van der Waals surface area contributed by atoms with Crippen LogP contribution in [0.4, 0.5) is 0 Å². The van der Waals surface area contributed by atoms with Crippen molar-refractivity contribution in [1.29, 1.82) is 0 Å². The molecular weight excluding hydrogens is 340 g/mol. The van der Waals surface area contributed by atoms with Gasteiger partial charge in [-0.2, -0.15) is 0 Å². The quantitative estimate of drug-likeness (QED) is 0.834. The van der Waals surface area contributed by atoms with Crippen molar-refractivity contribution < 1.29 is 14.0 Å². The third kappa shape index (κ3) is 4.41. The molecule has 0 bridgehead atoms. The van der Waals surface area contributed by atoms with Crippen LogP contribution in [0.5, 0.6) is 0 Å². The van der Waals surface area contributed by atoms with E-state index in [1.54, 1.807) is 17.0 Å². The van der Waals surface area contributed by atoms with E-state index in [1.165, 1.54) is 11.8 Å². The predicted molar refractivity (Wildman–Crippen MR) is 105 cm³/mol. The Morgan fingerprint density at radius 2 is 1.70 bits per heavy atom. The molecule has 0 saturated carbocycles. The molecule has 3 rings (SSSR count). The van der Waals surface area contributed by atoms with Crippen LogP contribution >= 0.6 is 0 Å². The third-order valence-corrected chi connectivity index (χ3v) is 5.21. The lowest BCUT2D eigenvalue weighted by Crippen LogP contribution is -2.51. The minimum Gasteiger partial charge on any atom is -0.459 e. The molecule has 1 saturated heterocycles. The van der Waals surface area contributed by atoms with Crippen LogP contribution in [0.25, 0.3) is 0 Å². The molecule has 1 fully saturated rings. The van der Waals surface area contributed by atoms with Gasteiger partial charge in [0.15, 0.2) is 5.76 Å². The molecular formula is C22H28N2O3. The van der Waals surface area contributed by atoms with Crippen LogP contribution in [0.15, 0.2) is 41.0 Å². The second-order valence-corrected chi connectivity index (χ2v) is 8.22. The fourth-order valence-corrected chi connectivity index (χ4v) is 3.32. The number of benzene rings is 1. The van der Waals surface area contributed by atoms with E-state index in [1.807, 2.05) is 4.90 Å². The molecule has 144 valence electrons. The summed E-state index contributed by atoms with van der Waals surface area (Å²) in [5.41, 5.74) is 3.53. The number of piperazine rings is 1. The van der Waals surface area contributed by atoms with Gasteiger partial charge in [-0.05, 0) is 41.2 Å². The van der Waals surface area contributed by atoms with Crippen LogP contribution in [0.2, 0.25) is 0 Å². The van der Waals surface area contributed by atoms with Gasteiger partial charge in [0.05, 0.1) is 12.7 Å². The summed E-state index contributed by atoms with van der Waals surface area (Å²) in [5, 5.41) is 0. The molecule has 0 N–H and O–H groups in total.